The molecule has 0 aliphatic carbocycles. The Hall–Kier alpha value is -1.09. The van der Waals surface area contributed by atoms with Gasteiger partial charge in [0.25, 0.3) is 0 Å². The molecule has 0 bridgehead atoms. The molecule has 1 aliphatic rings. The van der Waals surface area contributed by atoms with Crippen LogP contribution in [-0.2, 0) is 13.0 Å². The van der Waals surface area contributed by atoms with E-state index < -0.39 is 0 Å². The van der Waals surface area contributed by atoms with E-state index in [-0.39, 0.29) is 0 Å². The fourth-order valence-electron chi connectivity index (χ4n) is 2.34. The van der Waals surface area contributed by atoms with Crippen LogP contribution in [0.2, 0.25) is 0 Å². The van der Waals surface area contributed by atoms with Crippen molar-refractivity contribution in [2.24, 2.45) is 0 Å². The molecule has 15 heavy (non-hydrogen) atoms. The van der Waals surface area contributed by atoms with Crippen molar-refractivity contribution in [1.82, 2.24) is 9.55 Å². The average molecular weight is 218 g/mol. The molecule has 3 heteroatoms. The third-order valence-electron chi connectivity index (χ3n) is 2.99. The number of aromatic nitrogens is 2. The summed E-state index contributed by atoms with van der Waals surface area (Å²) in [6, 6.07) is 2.26. The van der Waals surface area contributed by atoms with Crippen LogP contribution < -0.4 is 0 Å². The first-order valence-corrected chi connectivity index (χ1v) is 6.19. The van der Waals surface area contributed by atoms with Crippen molar-refractivity contribution >= 4 is 11.3 Å². The maximum absolute atomic E-state index is 4.49. The first-order valence-electron chi connectivity index (χ1n) is 5.37. The van der Waals surface area contributed by atoms with Crippen molar-refractivity contribution in [3.05, 3.63) is 28.5 Å². The number of fused-ring (bicyclic) bond motifs is 1. The highest BCUT2D eigenvalue weighted by Gasteiger charge is 2.18. The molecule has 1 aliphatic heterocycles. The van der Waals surface area contributed by atoms with Crippen molar-refractivity contribution < 1.29 is 0 Å². The van der Waals surface area contributed by atoms with E-state index in [0.717, 1.165) is 13.0 Å². The van der Waals surface area contributed by atoms with Gasteiger partial charge in [-0.05, 0) is 31.9 Å². The molecule has 0 saturated carbocycles. The fourth-order valence-corrected chi connectivity index (χ4v) is 3.38. The van der Waals surface area contributed by atoms with Crippen molar-refractivity contribution in [3.63, 3.8) is 0 Å². The summed E-state index contributed by atoms with van der Waals surface area (Å²) in [6.45, 7) is 5.50. The lowest BCUT2D eigenvalue weighted by Gasteiger charge is -2.03. The first kappa shape index (κ1) is 9.16. The predicted octanol–water partition coefficient (Wildman–Crippen LogP) is 3.17. The molecule has 0 N–H and O–H groups in total. The minimum atomic E-state index is 1.14. The number of hydrogen-bond acceptors (Lipinski definition) is 2. The zero-order valence-electron chi connectivity index (χ0n) is 9.08. The maximum atomic E-state index is 4.49. The zero-order chi connectivity index (χ0) is 10.4. The highest BCUT2D eigenvalue weighted by Crippen LogP contribution is 2.34. The predicted molar refractivity (Wildman–Crippen MR) is 63.3 cm³/mol. The molecular formula is C12H14N2S. The van der Waals surface area contributed by atoms with Crippen LogP contribution in [0.25, 0.3) is 10.6 Å². The van der Waals surface area contributed by atoms with E-state index in [1.807, 2.05) is 17.5 Å². The summed E-state index contributed by atoms with van der Waals surface area (Å²) in [5.41, 5.74) is 2.70. The third-order valence-corrected chi connectivity index (χ3v) is 4.17. The van der Waals surface area contributed by atoms with Gasteiger partial charge in [0.15, 0.2) is 0 Å². The van der Waals surface area contributed by atoms with Gasteiger partial charge < -0.3 is 4.57 Å². The Bertz CT molecular complexity index is 508. The summed E-state index contributed by atoms with van der Waals surface area (Å²) in [5.74, 6) is 1.26. The molecule has 0 radical (unpaired) electrons. The summed E-state index contributed by atoms with van der Waals surface area (Å²) in [5, 5.41) is 0. The molecule has 2 aromatic rings. The van der Waals surface area contributed by atoms with Gasteiger partial charge in [-0.15, -0.1) is 11.3 Å². The topological polar surface area (TPSA) is 17.8 Å². The van der Waals surface area contributed by atoms with Crippen LogP contribution in [0.1, 0.15) is 22.7 Å². The second-order valence-electron chi connectivity index (χ2n) is 4.18. The molecule has 2 aromatic heterocycles. The summed E-state index contributed by atoms with van der Waals surface area (Å²) in [7, 11) is 0. The van der Waals surface area contributed by atoms with Gasteiger partial charge in [-0.1, -0.05) is 0 Å². The van der Waals surface area contributed by atoms with E-state index in [2.05, 4.69) is 29.5 Å². The zero-order valence-corrected chi connectivity index (χ0v) is 9.90. The van der Waals surface area contributed by atoms with E-state index >= 15 is 0 Å². The largest absolute Gasteiger partial charge is 0.327 e. The monoisotopic (exact) mass is 218 g/mol. The second-order valence-corrected chi connectivity index (χ2v) is 5.44. The molecule has 0 aromatic carbocycles. The lowest BCUT2D eigenvalue weighted by Crippen LogP contribution is -1.94. The van der Waals surface area contributed by atoms with Crippen LogP contribution in [0.3, 0.4) is 0 Å². The van der Waals surface area contributed by atoms with Crippen LogP contribution in [-0.4, -0.2) is 9.55 Å². The van der Waals surface area contributed by atoms with Crippen LogP contribution >= 0.6 is 11.3 Å². The lowest BCUT2D eigenvalue weighted by atomic mass is 10.2. The van der Waals surface area contributed by atoms with Crippen molar-refractivity contribution in [2.45, 2.75) is 33.2 Å². The standard InChI is InChI=1S/C12H14N2S/c1-8-6-9(2)15-12(8)10-7-13-11-4-3-5-14(10)11/h6-7H,3-5H2,1-2H3. The SMILES string of the molecule is Cc1cc(C)c(-c2cnc3n2CCC3)s1. The Morgan fingerprint density at radius 2 is 2.27 bits per heavy atom. The second kappa shape index (κ2) is 3.20. The van der Waals surface area contributed by atoms with Crippen molar-refractivity contribution in [2.75, 3.05) is 0 Å². The lowest BCUT2D eigenvalue weighted by molar-refractivity contribution is 0.756. The smallest absolute Gasteiger partial charge is 0.109 e. The first-order chi connectivity index (χ1) is 7.25. The van der Waals surface area contributed by atoms with Gasteiger partial charge in [-0.25, -0.2) is 4.98 Å². The summed E-state index contributed by atoms with van der Waals surface area (Å²) in [6.07, 6.45) is 4.43. The van der Waals surface area contributed by atoms with Gasteiger partial charge in [-0.2, -0.15) is 0 Å². The average Bonchev–Trinajstić information content (AvgIpc) is 2.80. The van der Waals surface area contributed by atoms with E-state index in [4.69, 9.17) is 0 Å². The van der Waals surface area contributed by atoms with Gasteiger partial charge in [-0.3, -0.25) is 0 Å². The summed E-state index contributed by atoms with van der Waals surface area (Å²) in [4.78, 5) is 7.27. The molecule has 78 valence electrons. The minimum absolute atomic E-state index is 1.14. The van der Waals surface area contributed by atoms with Crippen molar-refractivity contribution in [1.29, 1.82) is 0 Å². The minimum Gasteiger partial charge on any atom is -0.327 e. The Morgan fingerprint density at radius 1 is 1.40 bits per heavy atom. The van der Waals surface area contributed by atoms with Gasteiger partial charge in [0.2, 0.25) is 0 Å². The number of imidazole rings is 1. The molecular weight excluding hydrogens is 204 g/mol. The molecule has 2 nitrogen and oxygen atoms in total. The van der Waals surface area contributed by atoms with E-state index in [9.17, 15) is 0 Å². The number of nitrogens with zero attached hydrogens (tertiary/aromatic N) is 2. The van der Waals surface area contributed by atoms with Crippen LogP contribution in [0.15, 0.2) is 12.3 Å². The molecule has 0 unspecified atom stereocenters. The quantitative estimate of drug-likeness (QED) is 0.719. The Kier molecular flexibility index (Phi) is 1.96. The summed E-state index contributed by atoms with van der Waals surface area (Å²) < 4.78 is 2.37. The Morgan fingerprint density at radius 3 is 3.00 bits per heavy atom. The number of rotatable bonds is 1. The summed E-state index contributed by atoms with van der Waals surface area (Å²) >= 11 is 1.88. The molecule has 0 fully saturated rings. The molecule has 0 spiro atoms. The van der Waals surface area contributed by atoms with Gasteiger partial charge in [0.05, 0.1) is 16.8 Å². The number of thiophene rings is 1. The Balaban J connectivity index is 2.16. The Labute approximate surface area is 93.6 Å². The third kappa shape index (κ3) is 1.34. The molecule has 0 atom stereocenters. The van der Waals surface area contributed by atoms with Gasteiger partial charge in [0, 0.05) is 17.8 Å². The van der Waals surface area contributed by atoms with E-state index in [1.165, 1.54) is 33.3 Å². The number of hydrogen-bond donors (Lipinski definition) is 0. The van der Waals surface area contributed by atoms with Gasteiger partial charge >= 0.3 is 0 Å². The normalized spacial score (nSPS) is 14.5. The van der Waals surface area contributed by atoms with Crippen molar-refractivity contribution in [3.8, 4) is 10.6 Å². The maximum Gasteiger partial charge on any atom is 0.109 e. The highest BCUT2D eigenvalue weighted by atomic mass is 32.1. The fraction of sp³-hybridized carbons (Fsp3) is 0.417. The van der Waals surface area contributed by atoms with Crippen LogP contribution in [0.4, 0.5) is 0 Å². The molecule has 0 saturated heterocycles. The molecule has 3 heterocycles. The molecule has 0 amide bonds. The van der Waals surface area contributed by atoms with E-state index in [1.54, 1.807) is 0 Å². The molecule has 3 rings (SSSR count). The number of aryl methyl sites for hydroxylation is 3. The van der Waals surface area contributed by atoms with Crippen LogP contribution in [0.5, 0.6) is 0 Å². The van der Waals surface area contributed by atoms with E-state index in [0.29, 0.717) is 0 Å². The highest BCUT2D eigenvalue weighted by molar-refractivity contribution is 7.15. The van der Waals surface area contributed by atoms with Gasteiger partial charge in [0.1, 0.15) is 5.82 Å². The van der Waals surface area contributed by atoms with Crippen LogP contribution in [0, 0.1) is 13.8 Å².